The SMILES string of the molecule is O=C(CN1CC=C(c2ccc(O)cc2)CC1)NCc1ccccc1Cl. The predicted molar refractivity (Wildman–Crippen MR) is 100 cm³/mol. The van der Waals surface area contributed by atoms with Gasteiger partial charge in [0.25, 0.3) is 0 Å². The van der Waals surface area contributed by atoms with E-state index in [1.807, 2.05) is 36.4 Å². The lowest BCUT2D eigenvalue weighted by Crippen LogP contribution is -2.39. The number of nitrogens with zero attached hydrogens (tertiary/aromatic N) is 1. The van der Waals surface area contributed by atoms with Crippen LogP contribution in [0.2, 0.25) is 5.02 Å². The van der Waals surface area contributed by atoms with E-state index in [2.05, 4.69) is 16.3 Å². The second-order valence-corrected chi connectivity index (χ2v) is 6.54. The molecule has 4 nitrogen and oxygen atoms in total. The minimum Gasteiger partial charge on any atom is -0.508 e. The molecule has 1 aliphatic rings. The molecule has 0 aromatic heterocycles. The van der Waals surface area contributed by atoms with Gasteiger partial charge < -0.3 is 10.4 Å². The Hall–Kier alpha value is -2.30. The molecule has 0 saturated carbocycles. The van der Waals surface area contributed by atoms with Crippen LogP contribution in [0.5, 0.6) is 5.75 Å². The average Bonchev–Trinajstić information content (AvgIpc) is 2.62. The van der Waals surface area contributed by atoms with Crippen molar-refractivity contribution in [2.45, 2.75) is 13.0 Å². The highest BCUT2D eigenvalue weighted by atomic mass is 35.5. The van der Waals surface area contributed by atoms with Crippen molar-refractivity contribution in [3.8, 4) is 5.75 Å². The zero-order chi connectivity index (χ0) is 17.6. The molecule has 0 fully saturated rings. The molecule has 0 saturated heterocycles. The van der Waals surface area contributed by atoms with Gasteiger partial charge in [0.2, 0.25) is 5.91 Å². The number of phenolic OH excluding ortho intramolecular Hbond substituents is 1. The van der Waals surface area contributed by atoms with Gasteiger partial charge in [-0.15, -0.1) is 0 Å². The molecule has 0 bridgehead atoms. The Balaban J connectivity index is 1.49. The number of benzene rings is 2. The molecule has 0 aliphatic carbocycles. The number of carbonyl (C=O) groups is 1. The van der Waals surface area contributed by atoms with Crippen molar-refractivity contribution in [3.63, 3.8) is 0 Å². The first-order valence-corrected chi connectivity index (χ1v) is 8.70. The molecule has 5 heteroatoms. The highest BCUT2D eigenvalue weighted by Gasteiger charge is 2.15. The van der Waals surface area contributed by atoms with Gasteiger partial charge in [-0.2, -0.15) is 0 Å². The van der Waals surface area contributed by atoms with Crippen LogP contribution in [0, 0.1) is 0 Å². The van der Waals surface area contributed by atoms with Crippen LogP contribution in [0.4, 0.5) is 0 Å². The number of amides is 1. The summed E-state index contributed by atoms with van der Waals surface area (Å²) in [7, 11) is 0. The van der Waals surface area contributed by atoms with Crippen LogP contribution in [0.3, 0.4) is 0 Å². The standard InChI is InChI=1S/C20H21ClN2O2/c21-19-4-2-1-3-17(19)13-22-20(25)14-23-11-9-16(10-12-23)15-5-7-18(24)8-6-15/h1-9,24H,10-14H2,(H,22,25). The number of halogens is 1. The third-order valence-electron chi connectivity index (χ3n) is 4.33. The van der Waals surface area contributed by atoms with Crippen molar-refractivity contribution < 1.29 is 9.90 Å². The Morgan fingerprint density at radius 1 is 1.16 bits per heavy atom. The first-order chi connectivity index (χ1) is 12.1. The van der Waals surface area contributed by atoms with Gasteiger partial charge in [0.05, 0.1) is 6.54 Å². The van der Waals surface area contributed by atoms with Crippen LogP contribution >= 0.6 is 11.6 Å². The molecule has 2 aromatic rings. The first-order valence-electron chi connectivity index (χ1n) is 8.33. The van der Waals surface area contributed by atoms with Gasteiger partial charge in [0.1, 0.15) is 5.75 Å². The molecule has 25 heavy (non-hydrogen) atoms. The minimum absolute atomic E-state index is 0.00130. The summed E-state index contributed by atoms with van der Waals surface area (Å²) in [4.78, 5) is 14.3. The fourth-order valence-electron chi connectivity index (χ4n) is 2.89. The zero-order valence-corrected chi connectivity index (χ0v) is 14.7. The molecular weight excluding hydrogens is 336 g/mol. The molecule has 2 N–H and O–H groups in total. The van der Waals surface area contributed by atoms with Crippen LogP contribution in [-0.2, 0) is 11.3 Å². The third kappa shape index (κ3) is 4.84. The van der Waals surface area contributed by atoms with Crippen LogP contribution in [-0.4, -0.2) is 35.5 Å². The molecule has 0 spiro atoms. The van der Waals surface area contributed by atoms with Crippen LogP contribution < -0.4 is 5.32 Å². The number of phenols is 1. The molecular formula is C20H21ClN2O2. The van der Waals surface area contributed by atoms with Crippen LogP contribution in [0.25, 0.3) is 5.57 Å². The summed E-state index contributed by atoms with van der Waals surface area (Å²) in [5, 5.41) is 13.0. The topological polar surface area (TPSA) is 52.6 Å². The quantitative estimate of drug-likeness (QED) is 0.862. The maximum atomic E-state index is 12.1. The minimum atomic E-state index is 0.00130. The largest absolute Gasteiger partial charge is 0.508 e. The van der Waals surface area contributed by atoms with E-state index in [9.17, 15) is 9.90 Å². The second-order valence-electron chi connectivity index (χ2n) is 6.13. The molecule has 2 aromatic carbocycles. The van der Waals surface area contributed by atoms with E-state index < -0.39 is 0 Å². The summed E-state index contributed by atoms with van der Waals surface area (Å²) in [5.74, 6) is 0.276. The van der Waals surface area contributed by atoms with Gasteiger partial charge in [-0.05, 0) is 41.3 Å². The molecule has 1 amide bonds. The second kappa shape index (κ2) is 8.19. The maximum absolute atomic E-state index is 12.1. The van der Waals surface area contributed by atoms with E-state index in [0.29, 0.717) is 18.1 Å². The molecule has 130 valence electrons. The maximum Gasteiger partial charge on any atom is 0.234 e. The van der Waals surface area contributed by atoms with Crippen molar-refractivity contribution >= 4 is 23.1 Å². The Kier molecular flexibility index (Phi) is 5.74. The lowest BCUT2D eigenvalue weighted by Gasteiger charge is -2.26. The van der Waals surface area contributed by atoms with Gasteiger partial charge in [0, 0.05) is 24.7 Å². The molecule has 0 unspecified atom stereocenters. The van der Waals surface area contributed by atoms with Gasteiger partial charge in [-0.25, -0.2) is 0 Å². The average molecular weight is 357 g/mol. The molecule has 0 radical (unpaired) electrons. The normalized spacial score (nSPS) is 14.8. The van der Waals surface area contributed by atoms with Crippen molar-refractivity contribution in [1.29, 1.82) is 0 Å². The van der Waals surface area contributed by atoms with E-state index in [4.69, 9.17) is 11.6 Å². The summed E-state index contributed by atoms with van der Waals surface area (Å²) in [5.41, 5.74) is 3.30. The van der Waals surface area contributed by atoms with Gasteiger partial charge in [-0.1, -0.05) is 48.0 Å². The summed E-state index contributed by atoms with van der Waals surface area (Å²) < 4.78 is 0. The zero-order valence-electron chi connectivity index (χ0n) is 13.9. The fourth-order valence-corrected chi connectivity index (χ4v) is 3.09. The summed E-state index contributed by atoms with van der Waals surface area (Å²) >= 11 is 6.10. The lowest BCUT2D eigenvalue weighted by atomic mass is 9.99. The number of aromatic hydroxyl groups is 1. The van der Waals surface area contributed by atoms with Crippen LogP contribution in [0.15, 0.2) is 54.6 Å². The molecule has 3 rings (SSSR count). The summed E-state index contributed by atoms with van der Waals surface area (Å²) in [6, 6.07) is 14.8. The van der Waals surface area contributed by atoms with Crippen molar-refractivity contribution in [1.82, 2.24) is 10.2 Å². The van der Waals surface area contributed by atoms with E-state index >= 15 is 0 Å². The Morgan fingerprint density at radius 2 is 1.92 bits per heavy atom. The smallest absolute Gasteiger partial charge is 0.234 e. The highest BCUT2D eigenvalue weighted by Crippen LogP contribution is 2.23. The van der Waals surface area contributed by atoms with E-state index in [1.165, 1.54) is 5.57 Å². The number of nitrogens with one attached hydrogen (secondary N) is 1. The Morgan fingerprint density at radius 3 is 2.60 bits per heavy atom. The fraction of sp³-hybridized carbons (Fsp3) is 0.250. The first kappa shape index (κ1) is 17.5. The number of rotatable bonds is 5. The van der Waals surface area contributed by atoms with E-state index in [-0.39, 0.29) is 11.7 Å². The van der Waals surface area contributed by atoms with Crippen LogP contribution in [0.1, 0.15) is 17.5 Å². The Labute approximate surface area is 152 Å². The van der Waals surface area contributed by atoms with E-state index in [0.717, 1.165) is 30.6 Å². The van der Waals surface area contributed by atoms with Gasteiger partial charge in [-0.3, -0.25) is 9.69 Å². The lowest BCUT2D eigenvalue weighted by molar-refractivity contribution is -0.122. The monoisotopic (exact) mass is 356 g/mol. The number of carbonyl (C=O) groups excluding carboxylic acids is 1. The molecule has 0 atom stereocenters. The molecule has 1 heterocycles. The highest BCUT2D eigenvalue weighted by molar-refractivity contribution is 6.31. The van der Waals surface area contributed by atoms with E-state index in [1.54, 1.807) is 12.1 Å². The van der Waals surface area contributed by atoms with Gasteiger partial charge >= 0.3 is 0 Å². The number of hydrogen-bond donors (Lipinski definition) is 2. The van der Waals surface area contributed by atoms with Crippen molar-refractivity contribution in [3.05, 3.63) is 70.8 Å². The van der Waals surface area contributed by atoms with Crippen molar-refractivity contribution in [2.24, 2.45) is 0 Å². The van der Waals surface area contributed by atoms with Crippen molar-refractivity contribution in [2.75, 3.05) is 19.6 Å². The predicted octanol–water partition coefficient (Wildman–Crippen LogP) is 3.45. The summed E-state index contributed by atoms with van der Waals surface area (Å²) in [6.07, 6.45) is 3.04. The summed E-state index contributed by atoms with van der Waals surface area (Å²) in [6.45, 7) is 2.41. The van der Waals surface area contributed by atoms with Gasteiger partial charge in [0.15, 0.2) is 0 Å². The molecule has 1 aliphatic heterocycles. The Bertz CT molecular complexity index is 772. The number of hydrogen-bond acceptors (Lipinski definition) is 3. The third-order valence-corrected chi connectivity index (χ3v) is 4.70.